The Morgan fingerprint density at radius 2 is 2.16 bits per heavy atom. The lowest BCUT2D eigenvalue weighted by Crippen LogP contribution is -2.06. The molecule has 0 spiro atoms. The van der Waals surface area contributed by atoms with E-state index in [1.807, 2.05) is 29.1 Å². The first-order valence-electron chi connectivity index (χ1n) is 8.17. The molecule has 0 saturated heterocycles. The van der Waals surface area contributed by atoms with Crippen LogP contribution in [0.15, 0.2) is 28.9 Å². The summed E-state index contributed by atoms with van der Waals surface area (Å²) in [5, 5.41) is 7.93. The minimum atomic E-state index is 0.243. The van der Waals surface area contributed by atoms with Gasteiger partial charge in [0.1, 0.15) is 11.3 Å². The van der Waals surface area contributed by atoms with Crippen molar-refractivity contribution in [2.45, 2.75) is 26.3 Å². The molecule has 0 amide bonds. The van der Waals surface area contributed by atoms with Gasteiger partial charge < -0.3 is 15.8 Å². The Labute approximate surface area is 154 Å². The molecule has 2 heterocycles. The zero-order valence-corrected chi connectivity index (χ0v) is 15.9. The summed E-state index contributed by atoms with van der Waals surface area (Å²) in [4.78, 5) is 8.58. The van der Waals surface area contributed by atoms with Crippen molar-refractivity contribution in [3.05, 3.63) is 34.4 Å². The predicted octanol–water partition coefficient (Wildman–Crippen LogP) is 3.44. The minimum Gasteiger partial charge on any atom is -0.496 e. The number of hydrogen-bond acceptors (Lipinski definition) is 6. The van der Waals surface area contributed by atoms with Gasteiger partial charge >= 0.3 is 0 Å². The summed E-state index contributed by atoms with van der Waals surface area (Å²) in [5.41, 5.74) is 8.30. The molecule has 0 aliphatic rings. The molecule has 0 saturated carbocycles. The number of nitrogens with zero attached hydrogens (tertiary/aromatic N) is 4. The molecule has 7 nitrogen and oxygen atoms in total. The fourth-order valence-corrected chi connectivity index (χ4v) is 2.93. The van der Waals surface area contributed by atoms with E-state index in [-0.39, 0.29) is 5.95 Å². The Kier molecular flexibility index (Phi) is 5.37. The molecule has 2 aromatic heterocycles. The molecule has 0 atom stereocenters. The third-order valence-electron chi connectivity index (χ3n) is 3.83. The highest BCUT2D eigenvalue weighted by Crippen LogP contribution is 2.25. The summed E-state index contributed by atoms with van der Waals surface area (Å²) >= 11 is 3.46. The second kappa shape index (κ2) is 7.69. The van der Waals surface area contributed by atoms with E-state index in [2.05, 4.69) is 43.2 Å². The Bertz CT molecular complexity index is 879. The summed E-state index contributed by atoms with van der Waals surface area (Å²) in [6.45, 7) is 3.54. The van der Waals surface area contributed by atoms with Gasteiger partial charge in [-0.05, 0) is 18.6 Å². The molecule has 3 N–H and O–H groups in total. The van der Waals surface area contributed by atoms with Crippen LogP contribution in [0.25, 0.3) is 11.0 Å². The number of aromatic nitrogens is 4. The van der Waals surface area contributed by atoms with Gasteiger partial charge in [-0.15, -0.1) is 0 Å². The van der Waals surface area contributed by atoms with Crippen molar-refractivity contribution < 1.29 is 4.74 Å². The fraction of sp³-hybridized carbons (Fsp3) is 0.353. The van der Waals surface area contributed by atoms with Crippen LogP contribution in [0.3, 0.4) is 0 Å². The third-order valence-corrected chi connectivity index (χ3v) is 4.33. The predicted molar refractivity (Wildman–Crippen MR) is 103 cm³/mol. The van der Waals surface area contributed by atoms with E-state index in [0.29, 0.717) is 12.4 Å². The molecule has 0 fully saturated rings. The highest BCUT2D eigenvalue weighted by molar-refractivity contribution is 9.10. The topological polar surface area (TPSA) is 90.9 Å². The molecule has 8 heteroatoms. The second-order valence-electron chi connectivity index (χ2n) is 5.73. The smallest absolute Gasteiger partial charge is 0.222 e. The van der Waals surface area contributed by atoms with Gasteiger partial charge in [-0.2, -0.15) is 10.1 Å². The van der Waals surface area contributed by atoms with Crippen LogP contribution in [0.5, 0.6) is 5.75 Å². The van der Waals surface area contributed by atoms with Crippen LogP contribution in [0.1, 0.15) is 25.3 Å². The standard InChI is InChI=1S/C17H21BrN6O/c1-3-4-7-20-16-15-13(21-17(19)22-16)10-24(23-15)9-11-5-6-12(18)8-14(11)25-2/h5-6,8,10H,3-4,7,9H2,1-2H3,(H3,19,20,21,22). The van der Waals surface area contributed by atoms with Gasteiger partial charge in [0, 0.05) is 16.6 Å². The number of hydrogen-bond donors (Lipinski definition) is 2. The third kappa shape index (κ3) is 4.01. The molecule has 1 aromatic carbocycles. The van der Waals surface area contributed by atoms with Crippen LogP contribution in [-0.2, 0) is 6.54 Å². The van der Waals surface area contributed by atoms with Crippen LogP contribution in [0.2, 0.25) is 0 Å². The monoisotopic (exact) mass is 404 g/mol. The SMILES string of the molecule is CCCCNc1nc(N)nc2cn(Cc3ccc(Br)cc3OC)nc12. The minimum absolute atomic E-state index is 0.243. The zero-order chi connectivity index (χ0) is 17.8. The summed E-state index contributed by atoms with van der Waals surface area (Å²) in [5.74, 6) is 1.73. The molecular weight excluding hydrogens is 384 g/mol. The van der Waals surface area contributed by atoms with E-state index in [0.717, 1.165) is 46.2 Å². The van der Waals surface area contributed by atoms with Gasteiger partial charge in [-0.25, -0.2) is 4.98 Å². The Morgan fingerprint density at radius 1 is 1.32 bits per heavy atom. The van der Waals surface area contributed by atoms with E-state index in [1.165, 1.54) is 0 Å². The van der Waals surface area contributed by atoms with Crippen molar-refractivity contribution >= 4 is 38.7 Å². The molecule has 25 heavy (non-hydrogen) atoms. The number of ether oxygens (including phenoxy) is 1. The summed E-state index contributed by atoms with van der Waals surface area (Å²) in [7, 11) is 1.66. The summed E-state index contributed by atoms with van der Waals surface area (Å²) in [6, 6.07) is 5.93. The first kappa shape index (κ1) is 17.5. The number of methoxy groups -OCH3 is 1. The Morgan fingerprint density at radius 3 is 2.92 bits per heavy atom. The zero-order valence-electron chi connectivity index (χ0n) is 14.3. The molecule has 0 aliphatic carbocycles. The van der Waals surface area contributed by atoms with Crippen molar-refractivity contribution in [2.75, 3.05) is 24.7 Å². The van der Waals surface area contributed by atoms with Crippen molar-refractivity contribution in [1.29, 1.82) is 0 Å². The second-order valence-corrected chi connectivity index (χ2v) is 6.64. The molecule has 0 aliphatic heterocycles. The van der Waals surface area contributed by atoms with E-state index >= 15 is 0 Å². The first-order valence-corrected chi connectivity index (χ1v) is 8.97. The summed E-state index contributed by atoms with van der Waals surface area (Å²) in [6.07, 6.45) is 4.04. The average molecular weight is 405 g/mol. The van der Waals surface area contributed by atoms with E-state index in [9.17, 15) is 0 Å². The number of nitrogens with two attached hydrogens (primary N) is 1. The maximum atomic E-state index is 5.83. The number of fused-ring (bicyclic) bond motifs is 1. The highest BCUT2D eigenvalue weighted by atomic mass is 79.9. The summed E-state index contributed by atoms with van der Waals surface area (Å²) < 4.78 is 8.25. The maximum absolute atomic E-state index is 5.83. The maximum Gasteiger partial charge on any atom is 0.222 e. The van der Waals surface area contributed by atoms with Gasteiger partial charge in [-0.3, -0.25) is 4.68 Å². The lowest BCUT2D eigenvalue weighted by atomic mass is 10.2. The van der Waals surface area contributed by atoms with Crippen molar-refractivity contribution in [3.8, 4) is 5.75 Å². The molecule has 3 aromatic rings. The molecule has 0 radical (unpaired) electrons. The van der Waals surface area contributed by atoms with Crippen molar-refractivity contribution in [1.82, 2.24) is 19.7 Å². The number of anilines is 2. The van der Waals surface area contributed by atoms with Crippen LogP contribution >= 0.6 is 15.9 Å². The van der Waals surface area contributed by atoms with Crippen LogP contribution in [-0.4, -0.2) is 33.4 Å². The Hall–Kier alpha value is -2.35. The molecule has 0 unspecified atom stereocenters. The average Bonchev–Trinajstić information content (AvgIpc) is 2.99. The van der Waals surface area contributed by atoms with Crippen molar-refractivity contribution in [2.24, 2.45) is 0 Å². The van der Waals surface area contributed by atoms with Gasteiger partial charge in [0.2, 0.25) is 5.95 Å². The van der Waals surface area contributed by atoms with Crippen LogP contribution in [0.4, 0.5) is 11.8 Å². The largest absolute Gasteiger partial charge is 0.496 e. The van der Waals surface area contributed by atoms with E-state index < -0.39 is 0 Å². The quantitative estimate of drug-likeness (QED) is 0.586. The number of rotatable bonds is 7. The number of halogens is 1. The highest BCUT2D eigenvalue weighted by Gasteiger charge is 2.12. The van der Waals surface area contributed by atoms with E-state index in [1.54, 1.807) is 7.11 Å². The number of nitrogen functional groups attached to an aromatic ring is 1. The van der Waals surface area contributed by atoms with Crippen LogP contribution in [0, 0.1) is 0 Å². The molecule has 0 bridgehead atoms. The lowest BCUT2D eigenvalue weighted by molar-refractivity contribution is 0.407. The lowest BCUT2D eigenvalue weighted by Gasteiger charge is -2.09. The van der Waals surface area contributed by atoms with Crippen LogP contribution < -0.4 is 15.8 Å². The fourth-order valence-electron chi connectivity index (χ4n) is 2.59. The normalized spacial score (nSPS) is 11.0. The van der Waals surface area contributed by atoms with Gasteiger partial charge in [0.05, 0.1) is 19.9 Å². The van der Waals surface area contributed by atoms with Gasteiger partial charge in [0.15, 0.2) is 11.3 Å². The molecule has 3 rings (SSSR count). The van der Waals surface area contributed by atoms with Crippen molar-refractivity contribution in [3.63, 3.8) is 0 Å². The van der Waals surface area contributed by atoms with Gasteiger partial charge in [0.25, 0.3) is 0 Å². The first-order chi connectivity index (χ1) is 12.1. The Balaban J connectivity index is 1.92. The number of nitrogens with one attached hydrogen (secondary N) is 1. The molecular formula is C17H21BrN6O. The van der Waals surface area contributed by atoms with E-state index in [4.69, 9.17) is 10.5 Å². The number of benzene rings is 1. The number of unbranched alkanes of at least 4 members (excludes halogenated alkanes) is 1. The molecule has 132 valence electrons. The van der Waals surface area contributed by atoms with Gasteiger partial charge in [-0.1, -0.05) is 35.3 Å².